The van der Waals surface area contributed by atoms with Crippen LogP contribution in [0.2, 0.25) is 0 Å². The van der Waals surface area contributed by atoms with Gasteiger partial charge in [-0.3, -0.25) is 4.79 Å². The van der Waals surface area contributed by atoms with E-state index in [-0.39, 0.29) is 11.8 Å². The Morgan fingerprint density at radius 2 is 2.26 bits per heavy atom. The van der Waals surface area contributed by atoms with Crippen LogP contribution in [0, 0.1) is 12.8 Å². The van der Waals surface area contributed by atoms with Crippen molar-refractivity contribution >= 4 is 5.91 Å². The van der Waals surface area contributed by atoms with E-state index in [9.17, 15) is 4.79 Å². The van der Waals surface area contributed by atoms with Crippen molar-refractivity contribution in [2.75, 3.05) is 26.2 Å². The van der Waals surface area contributed by atoms with E-state index >= 15 is 0 Å². The lowest BCUT2D eigenvalue weighted by Crippen LogP contribution is -2.51. The van der Waals surface area contributed by atoms with Crippen LogP contribution in [0.1, 0.15) is 18.1 Å². The topological polar surface area (TPSA) is 50.4 Å². The Morgan fingerprint density at radius 1 is 1.47 bits per heavy atom. The molecule has 2 N–H and O–H groups in total. The predicted octanol–water partition coefficient (Wildman–Crippen LogP) is 1.27. The lowest BCUT2D eigenvalue weighted by Gasteiger charge is -2.25. The average molecular weight is 262 g/mol. The number of nitrogens with one attached hydrogen (secondary N) is 2. The monoisotopic (exact) mass is 262 g/mol. The Hall–Kier alpha value is -1.55. The summed E-state index contributed by atoms with van der Waals surface area (Å²) in [4.78, 5) is 11.7. The van der Waals surface area contributed by atoms with Crippen molar-refractivity contribution in [2.45, 2.75) is 20.3 Å². The van der Waals surface area contributed by atoms with Gasteiger partial charge in [-0.05, 0) is 37.5 Å². The van der Waals surface area contributed by atoms with Crippen LogP contribution in [0.15, 0.2) is 18.2 Å². The van der Waals surface area contributed by atoms with Crippen LogP contribution in [0.4, 0.5) is 0 Å². The van der Waals surface area contributed by atoms with E-state index in [1.807, 2.05) is 19.9 Å². The number of amides is 1. The Kier molecular flexibility index (Phi) is 4.80. The normalized spacial score (nSPS) is 14.8. The highest BCUT2D eigenvalue weighted by Gasteiger charge is 2.23. The van der Waals surface area contributed by atoms with Gasteiger partial charge in [-0.2, -0.15) is 0 Å². The molecule has 0 atom stereocenters. The fourth-order valence-corrected chi connectivity index (χ4v) is 2.13. The first-order valence-electron chi connectivity index (χ1n) is 6.91. The maximum absolute atomic E-state index is 11.7. The number of hydrogen-bond acceptors (Lipinski definition) is 3. The second-order valence-electron chi connectivity index (χ2n) is 4.93. The molecule has 104 valence electrons. The SMILES string of the molecule is CCOc1ccc(CCNC(=O)C2CNC2)cc1C. The van der Waals surface area contributed by atoms with Crippen molar-refractivity contribution in [1.82, 2.24) is 10.6 Å². The third kappa shape index (κ3) is 3.70. The van der Waals surface area contributed by atoms with Gasteiger partial charge in [0.2, 0.25) is 5.91 Å². The minimum absolute atomic E-state index is 0.168. The van der Waals surface area contributed by atoms with E-state index in [1.165, 1.54) is 5.56 Å². The molecule has 0 spiro atoms. The largest absolute Gasteiger partial charge is 0.494 e. The first-order valence-corrected chi connectivity index (χ1v) is 6.91. The number of ether oxygens (including phenoxy) is 1. The zero-order chi connectivity index (χ0) is 13.7. The third-order valence-corrected chi connectivity index (χ3v) is 3.40. The van der Waals surface area contributed by atoms with E-state index in [0.717, 1.165) is 30.8 Å². The summed E-state index contributed by atoms with van der Waals surface area (Å²) in [7, 11) is 0. The van der Waals surface area contributed by atoms with Crippen LogP contribution >= 0.6 is 0 Å². The molecular weight excluding hydrogens is 240 g/mol. The van der Waals surface area contributed by atoms with Gasteiger partial charge in [0.15, 0.2) is 0 Å². The second kappa shape index (κ2) is 6.57. The predicted molar refractivity (Wildman–Crippen MR) is 75.4 cm³/mol. The Labute approximate surface area is 114 Å². The van der Waals surface area contributed by atoms with Gasteiger partial charge in [0.05, 0.1) is 12.5 Å². The quantitative estimate of drug-likeness (QED) is 0.812. The summed E-state index contributed by atoms with van der Waals surface area (Å²) in [5, 5.41) is 6.08. The molecular formula is C15H22N2O2. The lowest BCUT2D eigenvalue weighted by molar-refractivity contribution is -0.126. The molecule has 0 aromatic heterocycles. The zero-order valence-electron chi connectivity index (χ0n) is 11.7. The zero-order valence-corrected chi connectivity index (χ0v) is 11.7. The van der Waals surface area contributed by atoms with Crippen LogP contribution in [0.5, 0.6) is 5.75 Å². The van der Waals surface area contributed by atoms with Crippen molar-refractivity contribution in [3.8, 4) is 5.75 Å². The molecule has 1 aliphatic rings. The fourth-order valence-electron chi connectivity index (χ4n) is 2.13. The van der Waals surface area contributed by atoms with Gasteiger partial charge in [-0.15, -0.1) is 0 Å². The van der Waals surface area contributed by atoms with Gasteiger partial charge in [-0.1, -0.05) is 12.1 Å². The van der Waals surface area contributed by atoms with E-state index in [0.29, 0.717) is 13.2 Å². The van der Waals surface area contributed by atoms with E-state index < -0.39 is 0 Å². The number of rotatable bonds is 6. The highest BCUT2D eigenvalue weighted by Crippen LogP contribution is 2.19. The van der Waals surface area contributed by atoms with Gasteiger partial charge >= 0.3 is 0 Å². The summed E-state index contributed by atoms with van der Waals surface area (Å²) in [6.07, 6.45) is 0.860. The van der Waals surface area contributed by atoms with Gasteiger partial charge in [0, 0.05) is 19.6 Å². The molecule has 2 rings (SSSR count). The van der Waals surface area contributed by atoms with Gasteiger partial charge < -0.3 is 15.4 Å². The maximum Gasteiger partial charge on any atom is 0.225 e. The second-order valence-corrected chi connectivity index (χ2v) is 4.93. The lowest BCUT2D eigenvalue weighted by atomic mass is 10.0. The van der Waals surface area contributed by atoms with Crippen molar-refractivity contribution in [2.24, 2.45) is 5.92 Å². The molecule has 0 radical (unpaired) electrons. The van der Waals surface area contributed by atoms with E-state index in [1.54, 1.807) is 0 Å². The molecule has 0 aliphatic carbocycles. The van der Waals surface area contributed by atoms with Gasteiger partial charge in [-0.25, -0.2) is 0 Å². The fraction of sp³-hybridized carbons (Fsp3) is 0.533. The Morgan fingerprint density at radius 3 is 2.84 bits per heavy atom. The number of carbonyl (C=O) groups excluding carboxylic acids is 1. The maximum atomic E-state index is 11.7. The average Bonchev–Trinajstić information content (AvgIpc) is 2.30. The van der Waals surface area contributed by atoms with Crippen molar-refractivity contribution in [3.05, 3.63) is 29.3 Å². The summed E-state index contributed by atoms with van der Waals surface area (Å²) in [6, 6.07) is 6.20. The molecule has 1 amide bonds. The van der Waals surface area contributed by atoms with Crippen LogP contribution in [0.25, 0.3) is 0 Å². The minimum atomic E-state index is 0.168. The summed E-state index contributed by atoms with van der Waals surface area (Å²) in [5.74, 6) is 1.28. The Bertz CT molecular complexity index is 442. The third-order valence-electron chi connectivity index (χ3n) is 3.40. The standard InChI is InChI=1S/C15H22N2O2/c1-3-19-14-5-4-12(8-11(14)2)6-7-17-15(18)13-9-16-10-13/h4-5,8,13,16H,3,6-7,9-10H2,1-2H3,(H,17,18). The molecule has 0 bridgehead atoms. The summed E-state index contributed by atoms with van der Waals surface area (Å²) in [6.45, 7) is 7.04. The molecule has 1 fully saturated rings. The summed E-state index contributed by atoms with van der Waals surface area (Å²) in [5.41, 5.74) is 2.38. The summed E-state index contributed by atoms with van der Waals surface area (Å²) >= 11 is 0. The van der Waals surface area contributed by atoms with E-state index in [2.05, 4.69) is 22.8 Å². The number of hydrogen-bond donors (Lipinski definition) is 2. The first-order chi connectivity index (χ1) is 9.20. The molecule has 4 heteroatoms. The first kappa shape index (κ1) is 13.9. The molecule has 19 heavy (non-hydrogen) atoms. The number of aryl methyl sites for hydroxylation is 1. The molecule has 4 nitrogen and oxygen atoms in total. The van der Waals surface area contributed by atoms with Crippen LogP contribution < -0.4 is 15.4 Å². The van der Waals surface area contributed by atoms with E-state index in [4.69, 9.17) is 4.74 Å². The molecule has 0 unspecified atom stereocenters. The Balaban J connectivity index is 1.79. The van der Waals surface area contributed by atoms with Gasteiger partial charge in [0.1, 0.15) is 5.75 Å². The van der Waals surface area contributed by atoms with Crippen LogP contribution in [-0.4, -0.2) is 32.1 Å². The van der Waals surface area contributed by atoms with Crippen LogP contribution in [0.3, 0.4) is 0 Å². The number of benzene rings is 1. The molecule has 1 saturated heterocycles. The summed E-state index contributed by atoms with van der Waals surface area (Å²) < 4.78 is 5.51. The molecule has 0 saturated carbocycles. The van der Waals surface area contributed by atoms with Crippen molar-refractivity contribution < 1.29 is 9.53 Å². The van der Waals surface area contributed by atoms with Gasteiger partial charge in [0.25, 0.3) is 0 Å². The minimum Gasteiger partial charge on any atom is -0.494 e. The molecule has 1 heterocycles. The highest BCUT2D eigenvalue weighted by molar-refractivity contribution is 5.79. The van der Waals surface area contributed by atoms with Crippen LogP contribution in [-0.2, 0) is 11.2 Å². The molecule has 1 aromatic carbocycles. The number of carbonyl (C=O) groups is 1. The molecule has 1 aromatic rings. The smallest absolute Gasteiger partial charge is 0.225 e. The van der Waals surface area contributed by atoms with Crippen molar-refractivity contribution in [3.63, 3.8) is 0 Å². The van der Waals surface area contributed by atoms with Crippen molar-refractivity contribution in [1.29, 1.82) is 0 Å². The molecule has 1 aliphatic heterocycles. The highest BCUT2D eigenvalue weighted by atomic mass is 16.5.